The number of nitrogens with zero attached hydrogens (tertiary/aromatic N) is 2. The van der Waals surface area contributed by atoms with Crippen molar-refractivity contribution in [2.75, 3.05) is 0 Å². The summed E-state index contributed by atoms with van der Waals surface area (Å²) in [4.78, 5) is 15.8. The van der Waals surface area contributed by atoms with Crippen LogP contribution in [0.4, 0.5) is 8.78 Å². The van der Waals surface area contributed by atoms with Crippen LogP contribution in [0.3, 0.4) is 0 Å². The van der Waals surface area contributed by atoms with Crippen LogP contribution in [-0.4, -0.2) is 9.55 Å². The van der Waals surface area contributed by atoms with Gasteiger partial charge in [0.1, 0.15) is 0 Å². The van der Waals surface area contributed by atoms with Crippen molar-refractivity contribution in [3.63, 3.8) is 0 Å². The minimum absolute atomic E-state index is 0.00724. The SMILES string of the molecule is NC(Cn1c(=O)oc2cccnc21)c1cccc(F)c1F. The van der Waals surface area contributed by atoms with Crippen LogP contribution in [0.25, 0.3) is 11.2 Å². The molecule has 0 aliphatic heterocycles. The maximum Gasteiger partial charge on any atom is 0.421 e. The Morgan fingerprint density at radius 3 is 2.90 bits per heavy atom. The summed E-state index contributed by atoms with van der Waals surface area (Å²) in [5.74, 6) is -2.64. The van der Waals surface area contributed by atoms with Gasteiger partial charge in [0.25, 0.3) is 0 Å². The second-order valence-corrected chi connectivity index (χ2v) is 4.55. The smallest absolute Gasteiger partial charge is 0.406 e. The number of hydrogen-bond donors (Lipinski definition) is 1. The first-order valence-corrected chi connectivity index (χ1v) is 6.22. The summed E-state index contributed by atoms with van der Waals surface area (Å²) in [7, 11) is 0. The molecule has 21 heavy (non-hydrogen) atoms. The molecule has 0 saturated carbocycles. The summed E-state index contributed by atoms with van der Waals surface area (Å²) in [5.41, 5.74) is 6.50. The van der Waals surface area contributed by atoms with Crippen LogP contribution >= 0.6 is 0 Å². The molecule has 0 aliphatic carbocycles. The van der Waals surface area contributed by atoms with E-state index in [0.29, 0.717) is 11.2 Å². The van der Waals surface area contributed by atoms with Gasteiger partial charge in [-0.2, -0.15) is 0 Å². The molecular weight excluding hydrogens is 280 g/mol. The highest BCUT2D eigenvalue weighted by molar-refractivity contribution is 5.67. The van der Waals surface area contributed by atoms with Gasteiger partial charge in [-0.05, 0) is 18.2 Å². The second kappa shape index (κ2) is 5.10. The molecule has 0 saturated heterocycles. The van der Waals surface area contributed by atoms with Crippen molar-refractivity contribution in [3.05, 3.63) is 64.3 Å². The highest BCUT2D eigenvalue weighted by Gasteiger charge is 2.18. The van der Waals surface area contributed by atoms with E-state index in [4.69, 9.17) is 10.2 Å². The monoisotopic (exact) mass is 291 g/mol. The Hall–Kier alpha value is -2.54. The first-order valence-electron chi connectivity index (χ1n) is 6.22. The molecular formula is C14H11F2N3O2. The first kappa shape index (κ1) is 13.4. The predicted octanol–water partition coefficient (Wildman–Crippen LogP) is 1.97. The van der Waals surface area contributed by atoms with E-state index in [1.165, 1.54) is 22.9 Å². The summed E-state index contributed by atoms with van der Waals surface area (Å²) < 4.78 is 33.1. The van der Waals surface area contributed by atoms with E-state index in [2.05, 4.69) is 4.98 Å². The van der Waals surface area contributed by atoms with Crippen molar-refractivity contribution in [1.82, 2.24) is 9.55 Å². The Bertz CT molecular complexity index is 857. The van der Waals surface area contributed by atoms with E-state index in [1.54, 1.807) is 12.1 Å². The normalized spacial score (nSPS) is 12.7. The van der Waals surface area contributed by atoms with Crippen molar-refractivity contribution in [1.29, 1.82) is 0 Å². The molecule has 3 rings (SSSR count). The number of nitrogens with two attached hydrogens (primary N) is 1. The highest BCUT2D eigenvalue weighted by Crippen LogP contribution is 2.20. The number of hydrogen-bond acceptors (Lipinski definition) is 4. The lowest BCUT2D eigenvalue weighted by atomic mass is 10.1. The molecule has 0 bridgehead atoms. The standard InChI is InChI=1S/C14H11F2N3O2/c15-9-4-1-3-8(12(9)16)10(17)7-19-13-11(21-14(19)20)5-2-6-18-13/h1-6,10H,7,17H2. The Morgan fingerprint density at radius 1 is 1.29 bits per heavy atom. The molecule has 1 unspecified atom stereocenters. The number of halogens is 2. The fourth-order valence-electron chi connectivity index (χ4n) is 2.16. The van der Waals surface area contributed by atoms with Gasteiger partial charge < -0.3 is 10.2 Å². The molecule has 2 N–H and O–H groups in total. The minimum atomic E-state index is -1.01. The molecule has 3 aromatic rings. The van der Waals surface area contributed by atoms with Crippen LogP contribution in [0.1, 0.15) is 11.6 Å². The summed E-state index contributed by atoms with van der Waals surface area (Å²) in [6.45, 7) is -0.0663. The maximum absolute atomic E-state index is 13.7. The second-order valence-electron chi connectivity index (χ2n) is 4.55. The third-order valence-corrected chi connectivity index (χ3v) is 3.18. The third-order valence-electron chi connectivity index (χ3n) is 3.18. The first-order chi connectivity index (χ1) is 10.1. The summed E-state index contributed by atoms with van der Waals surface area (Å²) in [6.07, 6.45) is 1.50. The molecule has 0 fully saturated rings. The number of aromatic nitrogens is 2. The lowest BCUT2D eigenvalue weighted by Gasteiger charge is -2.13. The van der Waals surface area contributed by atoms with Gasteiger partial charge in [0, 0.05) is 11.8 Å². The van der Waals surface area contributed by atoms with Crippen molar-refractivity contribution >= 4 is 11.2 Å². The lowest BCUT2D eigenvalue weighted by Crippen LogP contribution is -2.25. The molecule has 108 valence electrons. The molecule has 2 aromatic heterocycles. The molecule has 0 spiro atoms. The van der Waals surface area contributed by atoms with Gasteiger partial charge in [0.05, 0.1) is 12.6 Å². The quantitative estimate of drug-likeness (QED) is 0.800. The molecule has 0 amide bonds. The molecule has 2 heterocycles. The Morgan fingerprint density at radius 2 is 2.10 bits per heavy atom. The Kier molecular flexibility index (Phi) is 3.26. The van der Waals surface area contributed by atoms with Crippen LogP contribution in [0.15, 0.2) is 45.7 Å². The molecule has 0 aliphatic rings. The van der Waals surface area contributed by atoms with Crippen LogP contribution in [0, 0.1) is 11.6 Å². The van der Waals surface area contributed by atoms with Crippen LogP contribution in [0.5, 0.6) is 0 Å². The van der Waals surface area contributed by atoms with Crippen molar-refractivity contribution in [2.24, 2.45) is 5.73 Å². The molecule has 0 radical (unpaired) electrons. The number of fused-ring (bicyclic) bond motifs is 1. The zero-order valence-corrected chi connectivity index (χ0v) is 10.8. The number of oxazole rings is 1. The van der Waals surface area contributed by atoms with Gasteiger partial charge in [-0.3, -0.25) is 4.57 Å². The van der Waals surface area contributed by atoms with Gasteiger partial charge in [0.15, 0.2) is 22.9 Å². The molecule has 7 heteroatoms. The third kappa shape index (κ3) is 2.31. The zero-order chi connectivity index (χ0) is 15.0. The van der Waals surface area contributed by atoms with Gasteiger partial charge in [0.2, 0.25) is 0 Å². The van der Waals surface area contributed by atoms with Crippen LogP contribution in [-0.2, 0) is 6.54 Å². The maximum atomic E-state index is 13.7. The summed E-state index contributed by atoms with van der Waals surface area (Å²) in [5, 5.41) is 0. The van der Waals surface area contributed by atoms with Crippen LogP contribution < -0.4 is 11.5 Å². The minimum Gasteiger partial charge on any atom is -0.406 e. The van der Waals surface area contributed by atoms with E-state index < -0.39 is 23.4 Å². The summed E-state index contributed by atoms with van der Waals surface area (Å²) in [6, 6.07) is 6.07. The van der Waals surface area contributed by atoms with Crippen molar-refractivity contribution in [3.8, 4) is 0 Å². The molecule has 1 atom stereocenters. The van der Waals surface area contributed by atoms with Gasteiger partial charge in [-0.25, -0.2) is 18.6 Å². The van der Waals surface area contributed by atoms with E-state index in [9.17, 15) is 13.6 Å². The van der Waals surface area contributed by atoms with Gasteiger partial charge in [-0.1, -0.05) is 12.1 Å². The zero-order valence-electron chi connectivity index (χ0n) is 10.8. The average molecular weight is 291 g/mol. The van der Waals surface area contributed by atoms with Crippen molar-refractivity contribution in [2.45, 2.75) is 12.6 Å². The predicted molar refractivity (Wildman–Crippen MR) is 71.6 cm³/mol. The van der Waals surface area contributed by atoms with E-state index >= 15 is 0 Å². The van der Waals surface area contributed by atoms with Gasteiger partial charge >= 0.3 is 5.76 Å². The molecule has 1 aromatic carbocycles. The highest BCUT2D eigenvalue weighted by atomic mass is 19.2. The lowest BCUT2D eigenvalue weighted by molar-refractivity contribution is 0.454. The van der Waals surface area contributed by atoms with E-state index in [0.717, 1.165) is 6.07 Å². The fourth-order valence-corrected chi connectivity index (χ4v) is 2.16. The van der Waals surface area contributed by atoms with Crippen LogP contribution in [0.2, 0.25) is 0 Å². The largest absolute Gasteiger partial charge is 0.421 e. The average Bonchev–Trinajstić information content (AvgIpc) is 2.78. The number of benzene rings is 1. The van der Waals surface area contributed by atoms with Gasteiger partial charge in [-0.15, -0.1) is 0 Å². The fraction of sp³-hybridized carbons (Fsp3) is 0.143. The Labute approximate surface area is 117 Å². The van der Waals surface area contributed by atoms with E-state index in [-0.39, 0.29) is 12.1 Å². The molecule has 5 nitrogen and oxygen atoms in total. The van der Waals surface area contributed by atoms with Crippen molar-refractivity contribution < 1.29 is 13.2 Å². The number of pyridine rings is 1. The topological polar surface area (TPSA) is 74.0 Å². The summed E-state index contributed by atoms with van der Waals surface area (Å²) >= 11 is 0. The number of rotatable bonds is 3. The van der Waals surface area contributed by atoms with E-state index in [1.807, 2.05) is 0 Å². The Balaban J connectivity index is 2.00.